The number of carbonyl (C=O) groups is 1. The molecule has 0 aliphatic carbocycles. The summed E-state index contributed by atoms with van der Waals surface area (Å²) in [6.07, 6.45) is 1.38. The largest absolute Gasteiger partial charge is 0.397 e. The fourth-order valence-corrected chi connectivity index (χ4v) is 1.78. The first-order valence-electron chi connectivity index (χ1n) is 5.81. The standard InChI is InChI=1S/C14H14ClN3O/c1-9-2-4-10(5-3-9)7-18-14(19)11-6-13(15)17-8-12(11)16/h2-6,8H,7,16H2,1H3,(H,18,19). The quantitative estimate of drug-likeness (QED) is 0.846. The Morgan fingerprint density at radius 3 is 2.74 bits per heavy atom. The van der Waals surface area contributed by atoms with E-state index in [1.807, 2.05) is 31.2 Å². The zero-order chi connectivity index (χ0) is 13.8. The van der Waals surface area contributed by atoms with Crippen LogP contribution in [0.5, 0.6) is 0 Å². The predicted octanol–water partition coefficient (Wildman–Crippen LogP) is 2.56. The molecule has 0 radical (unpaired) electrons. The second-order valence-electron chi connectivity index (χ2n) is 4.26. The summed E-state index contributed by atoms with van der Waals surface area (Å²) in [4.78, 5) is 15.8. The summed E-state index contributed by atoms with van der Waals surface area (Å²) in [5.41, 5.74) is 8.55. The number of anilines is 1. The highest BCUT2D eigenvalue weighted by Gasteiger charge is 2.10. The SMILES string of the molecule is Cc1ccc(CNC(=O)c2cc(Cl)ncc2N)cc1. The minimum absolute atomic E-state index is 0.245. The first-order valence-corrected chi connectivity index (χ1v) is 6.19. The molecule has 0 aliphatic heterocycles. The van der Waals surface area contributed by atoms with Crippen LogP contribution in [-0.2, 0) is 6.54 Å². The summed E-state index contributed by atoms with van der Waals surface area (Å²) in [5, 5.41) is 3.04. The van der Waals surface area contributed by atoms with Crippen LogP contribution in [0.15, 0.2) is 36.5 Å². The number of carbonyl (C=O) groups excluding carboxylic acids is 1. The van der Waals surface area contributed by atoms with E-state index in [2.05, 4.69) is 10.3 Å². The summed E-state index contributed by atoms with van der Waals surface area (Å²) < 4.78 is 0. The summed E-state index contributed by atoms with van der Waals surface area (Å²) >= 11 is 5.75. The number of benzene rings is 1. The molecule has 2 rings (SSSR count). The average molecular weight is 276 g/mol. The highest BCUT2D eigenvalue weighted by atomic mass is 35.5. The molecule has 1 heterocycles. The molecule has 1 aromatic carbocycles. The first-order chi connectivity index (χ1) is 9.06. The van der Waals surface area contributed by atoms with Crippen LogP contribution in [0.4, 0.5) is 5.69 Å². The van der Waals surface area contributed by atoms with E-state index in [4.69, 9.17) is 17.3 Å². The number of rotatable bonds is 3. The van der Waals surface area contributed by atoms with Gasteiger partial charge in [0, 0.05) is 6.54 Å². The maximum absolute atomic E-state index is 12.0. The number of hydrogen-bond acceptors (Lipinski definition) is 3. The van der Waals surface area contributed by atoms with E-state index in [-0.39, 0.29) is 11.1 Å². The molecule has 2 aromatic rings. The van der Waals surface area contributed by atoms with Gasteiger partial charge >= 0.3 is 0 Å². The third-order valence-corrected chi connectivity index (χ3v) is 2.93. The van der Waals surface area contributed by atoms with Crippen molar-refractivity contribution < 1.29 is 4.79 Å². The van der Waals surface area contributed by atoms with E-state index in [0.29, 0.717) is 17.8 Å². The smallest absolute Gasteiger partial charge is 0.253 e. The summed E-state index contributed by atoms with van der Waals surface area (Å²) in [7, 11) is 0. The van der Waals surface area contributed by atoms with Gasteiger partial charge in [-0.2, -0.15) is 0 Å². The number of nitrogen functional groups attached to an aromatic ring is 1. The van der Waals surface area contributed by atoms with Crippen LogP contribution in [0.3, 0.4) is 0 Å². The number of aromatic nitrogens is 1. The molecule has 4 nitrogen and oxygen atoms in total. The summed E-state index contributed by atoms with van der Waals surface area (Å²) in [6, 6.07) is 9.40. The van der Waals surface area contributed by atoms with Crippen LogP contribution in [0.25, 0.3) is 0 Å². The number of nitrogens with one attached hydrogen (secondary N) is 1. The number of nitrogens with zero attached hydrogens (tertiary/aromatic N) is 1. The maximum Gasteiger partial charge on any atom is 0.253 e. The van der Waals surface area contributed by atoms with E-state index in [1.165, 1.54) is 17.8 Å². The van der Waals surface area contributed by atoms with Gasteiger partial charge < -0.3 is 11.1 Å². The van der Waals surface area contributed by atoms with Gasteiger partial charge in [0.25, 0.3) is 5.91 Å². The lowest BCUT2D eigenvalue weighted by Crippen LogP contribution is -2.23. The molecule has 1 aromatic heterocycles. The molecule has 0 spiro atoms. The van der Waals surface area contributed by atoms with Crippen molar-refractivity contribution in [3.05, 3.63) is 58.4 Å². The van der Waals surface area contributed by atoms with E-state index >= 15 is 0 Å². The van der Waals surface area contributed by atoms with Gasteiger partial charge in [0.05, 0.1) is 17.4 Å². The normalized spacial score (nSPS) is 10.2. The molecule has 5 heteroatoms. The Hall–Kier alpha value is -2.07. The van der Waals surface area contributed by atoms with Gasteiger partial charge in [-0.25, -0.2) is 4.98 Å². The third kappa shape index (κ3) is 3.45. The highest BCUT2D eigenvalue weighted by molar-refractivity contribution is 6.29. The van der Waals surface area contributed by atoms with E-state index < -0.39 is 0 Å². The lowest BCUT2D eigenvalue weighted by atomic mass is 10.1. The predicted molar refractivity (Wildman–Crippen MR) is 76.0 cm³/mol. The number of halogens is 1. The Kier molecular flexibility index (Phi) is 4.02. The van der Waals surface area contributed by atoms with E-state index in [1.54, 1.807) is 0 Å². The fourth-order valence-electron chi connectivity index (χ4n) is 1.62. The molecule has 0 unspecified atom stereocenters. The second kappa shape index (κ2) is 5.71. The lowest BCUT2D eigenvalue weighted by molar-refractivity contribution is 0.0951. The molecular formula is C14H14ClN3O. The summed E-state index contributed by atoms with van der Waals surface area (Å²) in [5.74, 6) is -0.262. The molecule has 0 saturated heterocycles. The van der Waals surface area contributed by atoms with Crippen LogP contribution in [-0.4, -0.2) is 10.9 Å². The molecule has 19 heavy (non-hydrogen) atoms. The average Bonchev–Trinajstić information content (AvgIpc) is 2.40. The molecule has 0 fully saturated rings. The van der Waals surface area contributed by atoms with Crippen molar-refractivity contribution in [2.24, 2.45) is 0 Å². The van der Waals surface area contributed by atoms with Crippen molar-refractivity contribution >= 4 is 23.2 Å². The van der Waals surface area contributed by atoms with Gasteiger partial charge in [0.1, 0.15) is 5.15 Å². The minimum Gasteiger partial charge on any atom is -0.397 e. The van der Waals surface area contributed by atoms with Crippen molar-refractivity contribution in [2.75, 3.05) is 5.73 Å². The van der Waals surface area contributed by atoms with Crippen molar-refractivity contribution in [2.45, 2.75) is 13.5 Å². The first kappa shape index (κ1) is 13.4. The van der Waals surface area contributed by atoms with Crippen molar-refractivity contribution in [1.82, 2.24) is 10.3 Å². The molecule has 1 amide bonds. The van der Waals surface area contributed by atoms with Gasteiger partial charge in [-0.1, -0.05) is 41.4 Å². The lowest BCUT2D eigenvalue weighted by Gasteiger charge is -2.08. The minimum atomic E-state index is -0.262. The van der Waals surface area contributed by atoms with Gasteiger partial charge in [-0.05, 0) is 18.6 Å². The molecule has 3 N–H and O–H groups in total. The van der Waals surface area contributed by atoms with E-state index in [0.717, 1.165) is 5.56 Å². The van der Waals surface area contributed by atoms with Gasteiger partial charge in [0.15, 0.2) is 0 Å². The Morgan fingerprint density at radius 2 is 2.05 bits per heavy atom. The monoisotopic (exact) mass is 275 g/mol. The number of aryl methyl sites for hydroxylation is 1. The zero-order valence-electron chi connectivity index (χ0n) is 10.5. The topological polar surface area (TPSA) is 68.0 Å². The van der Waals surface area contributed by atoms with Crippen LogP contribution < -0.4 is 11.1 Å². The molecule has 0 aliphatic rings. The molecule has 0 saturated carbocycles. The van der Waals surface area contributed by atoms with Gasteiger partial charge in [-0.3, -0.25) is 4.79 Å². The Morgan fingerprint density at radius 1 is 1.37 bits per heavy atom. The van der Waals surface area contributed by atoms with Crippen LogP contribution >= 0.6 is 11.6 Å². The highest BCUT2D eigenvalue weighted by Crippen LogP contribution is 2.15. The maximum atomic E-state index is 12.0. The van der Waals surface area contributed by atoms with Crippen molar-refractivity contribution in [3.8, 4) is 0 Å². The van der Waals surface area contributed by atoms with Crippen molar-refractivity contribution in [1.29, 1.82) is 0 Å². The number of hydrogen-bond donors (Lipinski definition) is 2. The second-order valence-corrected chi connectivity index (χ2v) is 4.65. The third-order valence-electron chi connectivity index (χ3n) is 2.72. The number of amides is 1. The van der Waals surface area contributed by atoms with Crippen LogP contribution in [0.2, 0.25) is 5.15 Å². The Balaban J connectivity index is 2.05. The molecule has 98 valence electrons. The molecule has 0 atom stereocenters. The number of pyridine rings is 1. The Bertz CT molecular complexity index is 596. The molecule has 0 bridgehead atoms. The number of nitrogens with two attached hydrogens (primary N) is 1. The summed E-state index contributed by atoms with van der Waals surface area (Å²) in [6.45, 7) is 2.46. The molecular weight excluding hydrogens is 262 g/mol. The van der Waals surface area contributed by atoms with Gasteiger partial charge in [0.2, 0.25) is 0 Å². The van der Waals surface area contributed by atoms with Crippen LogP contribution in [0, 0.1) is 6.92 Å². The zero-order valence-corrected chi connectivity index (χ0v) is 11.2. The van der Waals surface area contributed by atoms with Crippen LogP contribution in [0.1, 0.15) is 21.5 Å². The van der Waals surface area contributed by atoms with Crippen molar-refractivity contribution in [3.63, 3.8) is 0 Å². The Labute approximate surface area is 116 Å². The van der Waals surface area contributed by atoms with E-state index in [9.17, 15) is 4.79 Å². The van der Waals surface area contributed by atoms with Gasteiger partial charge in [-0.15, -0.1) is 0 Å². The fraction of sp³-hybridized carbons (Fsp3) is 0.143.